The number of ether oxygens (including phenoxy) is 2. The van der Waals surface area contributed by atoms with Crippen LogP contribution in [-0.2, 0) is 19.1 Å². The number of thioether (sulfide) groups is 1. The Hall–Kier alpha value is -2.26. The van der Waals surface area contributed by atoms with E-state index in [9.17, 15) is 19.5 Å². The predicted octanol–water partition coefficient (Wildman–Crippen LogP) is 2.45. The molecule has 180 valence electrons. The first-order valence-electron chi connectivity index (χ1n) is 11.5. The number of methoxy groups -OCH3 is 1. The van der Waals surface area contributed by atoms with Gasteiger partial charge >= 0.3 is 5.97 Å². The fourth-order valence-corrected chi connectivity index (χ4v) is 8.18. The maximum Gasteiger partial charge on any atom is 0.311 e. The van der Waals surface area contributed by atoms with Crippen LogP contribution in [0.4, 0.5) is 5.69 Å². The SMILES string of the molecule is CCOC(=O)[C@@H]1[C@H]2C(=O)N(CCCCO)C(C(=O)Nc3ccc(OC)cc3)C23CC[C@@]1(C)S3. The molecule has 2 amide bonds. The molecule has 0 radical (unpaired) electrons. The summed E-state index contributed by atoms with van der Waals surface area (Å²) in [5.74, 6) is -1.22. The van der Waals surface area contributed by atoms with Gasteiger partial charge in [0.2, 0.25) is 11.8 Å². The minimum atomic E-state index is -0.693. The van der Waals surface area contributed by atoms with Crippen molar-refractivity contribution in [2.45, 2.75) is 55.1 Å². The van der Waals surface area contributed by atoms with Gasteiger partial charge in [0.15, 0.2) is 0 Å². The number of carbonyl (C=O) groups excluding carboxylic acids is 3. The summed E-state index contributed by atoms with van der Waals surface area (Å²) >= 11 is 1.62. The van der Waals surface area contributed by atoms with E-state index in [1.54, 1.807) is 55.0 Å². The third-order valence-electron chi connectivity index (χ3n) is 7.23. The first kappa shape index (κ1) is 23.9. The number of unbranched alkanes of at least 4 members (excludes halogenated alkanes) is 1. The second kappa shape index (κ2) is 9.18. The van der Waals surface area contributed by atoms with Crippen LogP contribution in [0.1, 0.15) is 39.5 Å². The Balaban J connectivity index is 1.67. The Labute approximate surface area is 198 Å². The number of hydrogen-bond acceptors (Lipinski definition) is 7. The van der Waals surface area contributed by atoms with Gasteiger partial charge in [-0.05, 0) is 63.8 Å². The normalized spacial score (nSPS) is 32.1. The second-order valence-corrected chi connectivity index (χ2v) is 11.1. The van der Waals surface area contributed by atoms with Crippen LogP contribution < -0.4 is 10.1 Å². The van der Waals surface area contributed by atoms with Gasteiger partial charge < -0.3 is 24.8 Å². The van der Waals surface area contributed by atoms with Gasteiger partial charge in [-0.25, -0.2) is 0 Å². The van der Waals surface area contributed by atoms with E-state index < -0.39 is 27.4 Å². The zero-order valence-corrected chi connectivity index (χ0v) is 20.2. The molecule has 2 bridgehead atoms. The zero-order chi connectivity index (χ0) is 23.8. The smallest absolute Gasteiger partial charge is 0.311 e. The Kier molecular flexibility index (Phi) is 6.64. The summed E-state index contributed by atoms with van der Waals surface area (Å²) in [6, 6.07) is 6.37. The summed E-state index contributed by atoms with van der Waals surface area (Å²) in [5.41, 5.74) is 0.620. The number of benzene rings is 1. The average molecular weight is 477 g/mol. The molecule has 9 heteroatoms. The van der Waals surface area contributed by atoms with Crippen molar-refractivity contribution < 1.29 is 29.0 Å². The molecule has 0 aliphatic carbocycles. The molecule has 3 aliphatic rings. The van der Waals surface area contributed by atoms with Crippen LogP contribution in [0.15, 0.2) is 24.3 Å². The van der Waals surface area contributed by atoms with Crippen molar-refractivity contribution in [1.29, 1.82) is 0 Å². The molecule has 2 unspecified atom stereocenters. The molecule has 3 saturated heterocycles. The van der Waals surface area contributed by atoms with Crippen LogP contribution in [0, 0.1) is 11.8 Å². The van der Waals surface area contributed by atoms with Gasteiger partial charge in [-0.1, -0.05) is 0 Å². The summed E-state index contributed by atoms with van der Waals surface area (Å²) in [6.45, 7) is 4.43. The lowest BCUT2D eigenvalue weighted by molar-refractivity contribution is -0.155. The van der Waals surface area contributed by atoms with E-state index in [2.05, 4.69) is 5.32 Å². The van der Waals surface area contributed by atoms with Crippen molar-refractivity contribution in [3.05, 3.63) is 24.3 Å². The highest BCUT2D eigenvalue weighted by Crippen LogP contribution is 2.71. The molecule has 3 heterocycles. The lowest BCUT2D eigenvalue weighted by Gasteiger charge is -2.34. The van der Waals surface area contributed by atoms with Gasteiger partial charge in [0.05, 0.1) is 30.3 Å². The van der Waals surface area contributed by atoms with E-state index in [1.807, 2.05) is 6.92 Å². The first-order chi connectivity index (χ1) is 15.8. The van der Waals surface area contributed by atoms with Crippen molar-refractivity contribution in [2.24, 2.45) is 11.8 Å². The average Bonchev–Trinajstić information content (AvgIpc) is 3.35. The lowest BCUT2D eigenvalue weighted by Crippen LogP contribution is -2.51. The number of carbonyl (C=O) groups is 3. The van der Waals surface area contributed by atoms with Crippen molar-refractivity contribution in [1.82, 2.24) is 4.90 Å². The third-order valence-corrected chi connectivity index (χ3v) is 9.22. The van der Waals surface area contributed by atoms with Crippen LogP contribution in [-0.4, -0.2) is 70.2 Å². The standard InChI is InChI=1S/C24H32N2O6S/c1-4-32-22(30)18-17-21(29)26(13-5-6-14-27)19(24(17)12-11-23(18,2)33-24)20(28)25-15-7-9-16(31-3)10-8-15/h7-10,17-19,27H,4-6,11-14H2,1-3H3,(H,25,28)/t17-,18-,19?,23+,24?/m0/s1. The van der Waals surface area contributed by atoms with E-state index in [0.717, 1.165) is 6.42 Å². The highest BCUT2D eigenvalue weighted by molar-refractivity contribution is 8.02. The number of amides is 2. The number of nitrogens with zero attached hydrogens (tertiary/aromatic N) is 1. The minimum Gasteiger partial charge on any atom is -0.497 e. The van der Waals surface area contributed by atoms with Crippen LogP contribution in [0.2, 0.25) is 0 Å². The number of esters is 1. The third kappa shape index (κ3) is 3.89. The van der Waals surface area contributed by atoms with Crippen LogP contribution in [0.5, 0.6) is 5.75 Å². The number of rotatable bonds is 9. The highest BCUT2D eigenvalue weighted by Gasteiger charge is 2.77. The zero-order valence-electron chi connectivity index (χ0n) is 19.3. The lowest BCUT2D eigenvalue weighted by atomic mass is 9.66. The molecular weight excluding hydrogens is 444 g/mol. The van der Waals surface area contributed by atoms with Crippen LogP contribution >= 0.6 is 11.8 Å². The molecule has 0 aromatic heterocycles. The second-order valence-electron chi connectivity index (χ2n) is 9.16. The monoisotopic (exact) mass is 476 g/mol. The van der Waals surface area contributed by atoms with Gasteiger partial charge in [0.1, 0.15) is 11.8 Å². The fourth-order valence-electron chi connectivity index (χ4n) is 5.84. The number of fused-ring (bicyclic) bond motifs is 1. The predicted molar refractivity (Wildman–Crippen MR) is 125 cm³/mol. The largest absolute Gasteiger partial charge is 0.497 e. The van der Waals surface area contributed by atoms with Gasteiger partial charge in [-0.2, -0.15) is 0 Å². The number of hydrogen-bond donors (Lipinski definition) is 2. The van der Waals surface area contributed by atoms with Gasteiger partial charge in [-0.15, -0.1) is 11.8 Å². The van der Waals surface area contributed by atoms with Gasteiger partial charge in [0, 0.05) is 23.6 Å². The number of anilines is 1. The summed E-state index contributed by atoms with van der Waals surface area (Å²) in [7, 11) is 1.58. The summed E-state index contributed by atoms with van der Waals surface area (Å²) in [5, 5.41) is 12.2. The maximum atomic E-state index is 13.7. The van der Waals surface area contributed by atoms with E-state index in [-0.39, 0.29) is 31.0 Å². The molecule has 3 aliphatic heterocycles. The maximum absolute atomic E-state index is 13.7. The fraction of sp³-hybridized carbons (Fsp3) is 0.625. The Morgan fingerprint density at radius 3 is 2.61 bits per heavy atom. The highest BCUT2D eigenvalue weighted by atomic mass is 32.2. The molecule has 1 spiro atoms. The molecule has 1 aromatic carbocycles. The molecule has 5 atom stereocenters. The minimum absolute atomic E-state index is 0.0254. The molecule has 1 aromatic rings. The van der Waals surface area contributed by atoms with Gasteiger partial charge in [-0.3, -0.25) is 14.4 Å². The number of aliphatic hydroxyl groups is 1. The molecule has 0 saturated carbocycles. The Morgan fingerprint density at radius 2 is 1.97 bits per heavy atom. The summed E-state index contributed by atoms with van der Waals surface area (Å²) in [6.07, 6.45) is 2.57. The quantitative estimate of drug-likeness (QED) is 0.417. The van der Waals surface area contributed by atoms with E-state index in [0.29, 0.717) is 37.2 Å². The number of likely N-dealkylation sites (tertiary alicyclic amines) is 1. The first-order valence-corrected chi connectivity index (χ1v) is 12.4. The van der Waals surface area contributed by atoms with E-state index >= 15 is 0 Å². The van der Waals surface area contributed by atoms with Crippen LogP contribution in [0.25, 0.3) is 0 Å². The van der Waals surface area contributed by atoms with Crippen molar-refractivity contribution in [3.8, 4) is 5.75 Å². The van der Waals surface area contributed by atoms with Crippen LogP contribution in [0.3, 0.4) is 0 Å². The Morgan fingerprint density at radius 1 is 1.24 bits per heavy atom. The Bertz CT molecular complexity index is 924. The topological polar surface area (TPSA) is 105 Å². The summed E-state index contributed by atoms with van der Waals surface area (Å²) in [4.78, 5) is 42.0. The van der Waals surface area contributed by atoms with Crippen molar-refractivity contribution in [3.63, 3.8) is 0 Å². The number of aliphatic hydroxyl groups excluding tert-OH is 1. The molecule has 3 fully saturated rings. The molecule has 33 heavy (non-hydrogen) atoms. The van der Waals surface area contributed by atoms with Gasteiger partial charge in [0.25, 0.3) is 0 Å². The van der Waals surface area contributed by atoms with E-state index in [4.69, 9.17) is 9.47 Å². The van der Waals surface area contributed by atoms with Crippen molar-refractivity contribution >= 4 is 35.2 Å². The van der Waals surface area contributed by atoms with Crippen molar-refractivity contribution in [2.75, 3.05) is 32.2 Å². The molecular formula is C24H32N2O6S. The van der Waals surface area contributed by atoms with E-state index in [1.165, 1.54) is 0 Å². The molecule has 8 nitrogen and oxygen atoms in total. The summed E-state index contributed by atoms with van der Waals surface area (Å²) < 4.78 is 9.47. The molecule has 4 rings (SSSR count). The number of nitrogens with one attached hydrogen (secondary N) is 1. The molecule has 2 N–H and O–H groups in total.